The van der Waals surface area contributed by atoms with E-state index in [1.54, 1.807) is 12.1 Å². The summed E-state index contributed by atoms with van der Waals surface area (Å²) in [6.45, 7) is 0. The third kappa shape index (κ3) is 3.59. The van der Waals surface area contributed by atoms with Crippen LogP contribution < -0.4 is 22.1 Å². The highest BCUT2D eigenvalue weighted by Gasteiger charge is 2.22. The van der Waals surface area contributed by atoms with Crippen LogP contribution in [0, 0.1) is 0 Å². The van der Waals surface area contributed by atoms with Crippen molar-refractivity contribution in [2.45, 2.75) is 37.8 Å². The van der Waals surface area contributed by atoms with Gasteiger partial charge in [-0.3, -0.25) is 4.79 Å². The molecule has 1 fully saturated rings. The van der Waals surface area contributed by atoms with Gasteiger partial charge in [-0.25, -0.2) is 4.98 Å². The van der Waals surface area contributed by atoms with Crippen molar-refractivity contribution >= 4 is 34.1 Å². The number of carbonyl (C=O) groups excluding carboxylic acids is 1. The first-order valence-electron chi connectivity index (χ1n) is 9.28. The van der Waals surface area contributed by atoms with Crippen LogP contribution in [-0.4, -0.2) is 28.0 Å². The molecule has 0 radical (unpaired) electrons. The van der Waals surface area contributed by atoms with E-state index in [-0.39, 0.29) is 12.1 Å². The van der Waals surface area contributed by atoms with Crippen LogP contribution in [0.25, 0.3) is 10.9 Å². The van der Waals surface area contributed by atoms with Crippen molar-refractivity contribution in [3.8, 4) is 0 Å². The first kappa shape index (κ1) is 17.4. The molecule has 0 saturated heterocycles. The molecule has 1 amide bonds. The predicted octanol–water partition coefficient (Wildman–Crippen LogP) is 3.09. The summed E-state index contributed by atoms with van der Waals surface area (Å²) in [4.78, 5) is 19.7. The number of anilines is 3. The molecule has 27 heavy (non-hydrogen) atoms. The van der Waals surface area contributed by atoms with Gasteiger partial charge in [-0.15, -0.1) is 0 Å². The Morgan fingerprint density at radius 3 is 2.81 bits per heavy atom. The summed E-state index contributed by atoms with van der Waals surface area (Å²) in [5.74, 6) is 0.590. The maximum atomic E-state index is 11.9. The average molecular weight is 364 g/mol. The van der Waals surface area contributed by atoms with E-state index in [1.807, 2.05) is 30.5 Å². The lowest BCUT2D eigenvalue weighted by Gasteiger charge is -2.29. The normalized spacial score (nSPS) is 19.7. The third-order valence-electron chi connectivity index (χ3n) is 5.15. The monoisotopic (exact) mass is 364 g/mol. The third-order valence-corrected chi connectivity index (χ3v) is 5.15. The number of hydrogen-bond donors (Lipinski definition) is 5. The zero-order chi connectivity index (χ0) is 18.8. The number of aromatic nitrogens is 2. The maximum Gasteiger partial charge on any atom is 0.252 e. The lowest BCUT2D eigenvalue weighted by Crippen LogP contribution is -2.42. The standard InChI is InChI=1S/C20H24N6O/c21-14-5-1-2-6-15(14)24-17-9-8-13(19(22)27)20(26-17)25-16-7-3-4-12-10-11-23-18(12)16/h3-4,7-11,14-15,23H,1-2,5-6,21H2,(H2,22,27)(H2,24,25,26)/t14-,15+/m0/s1. The van der Waals surface area contributed by atoms with Crippen LogP contribution in [0.2, 0.25) is 0 Å². The molecule has 7 N–H and O–H groups in total. The number of benzene rings is 1. The first-order valence-corrected chi connectivity index (χ1v) is 9.28. The van der Waals surface area contributed by atoms with Gasteiger partial charge in [0.2, 0.25) is 0 Å². The van der Waals surface area contributed by atoms with E-state index in [2.05, 4.69) is 20.6 Å². The Kier molecular flexibility index (Phi) is 4.68. The number of nitrogens with two attached hydrogens (primary N) is 2. The van der Waals surface area contributed by atoms with Crippen molar-refractivity contribution in [3.05, 3.63) is 48.2 Å². The summed E-state index contributed by atoms with van der Waals surface area (Å²) in [5, 5.41) is 7.75. The number of amides is 1. The smallest absolute Gasteiger partial charge is 0.252 e. The molecule has 0 unspecified atom stereocenters. The molecule has 7 nitrogen and oxygen atoms in total. The number of primary amides is 1. The zero-order valence-corrected chi connectivity index (χ0v) is 15.0. The second-order valence-electron chi connectivity index (χ2n) is 7.03. The second kappa shape index (κ2) is 7.28. The van der Waals surface area contributed by atoms with E-state index >= 15 is 0 Å². The molecule has 1 saturated carbocycles. The summed E-state index contributed by atoms with van der Waals surface area (Å²) in [6, 6.07) is 11.7. The summed E-state index contributed by atoms with van der Waals surface area (Å²) in [7, 11) is 0. The Bertz CT molecular complexity index is 966. The Morgan fingerprint density at radius 1 is 1.15 bits per heavy atom. The van der Waals surface area contributed by atoms with E-state index < -0.39 is 5.91 Å². The molecular formula is C20H24N6O. The van der Waals surface area contributed by atoms with Gasteiger partial charge in [0, 0.05) is 23.7 Å². The Balaban J connectivity index is 1.65. The largest absolute Gasteiger partial charge is 0.366 e. The maximum absolute atomic E-state index is 11.9. The van der Waals surface area contributed by atoms with Gasteiger partial charge in [0.1, 0.15) is 11.6 Å². The molecule has 3 aromatic rings. The molecule has 2 aromatic heterocycles. The van der Waals surface area contributed by atoms with Crippen LogP contribution in [-0.2, 0) is 0 Å². The predicted molar refractivity (Wildman–Crippen MR) is 108 cm³/mol. The molecule has 0 bridgehead atoms. The van der Waals surface area contributed by atoms with E-state index in [0.29, 0.717) is 17.2 Å². The van der Waals surface area contributed by atoms with Crippen molar-refractivity contribution in [1.29, 1.82) is 0 Å². The van der Waals surface area contributed by atoms with Crippen LogP contribution in [0.1, 0.15) is 36.0 Å². The van der Waals surface area contributed by atoms with Crippen molar-refractivity contribution in [2.75, 3.05) is 10.6 Å². The van der Waals surface area contributed by atoms with Gasteiger partial charge < -0.3 is 27.1 Å². The van der Waals surface area contributed by atoms with Crippen molar-refractivity contribution < 1.29 is 4.79 Å². The highest BCUT2D eigenvalue weighted by atomic mass is 16.1. The number of fused-ring (bicyclic) bond motifs is 1. The SMILES string of the molecule is NC(=O)c1ccc(N[C@@H]2CCCC[C@@H]2N)nc1Nc1cccc2cc[nH]c12. The molecule has 140 valence electrons. The number of H-pyrrole nitrogens is 1. The Labute approximate surface area is 157 Å². The van der Waals surface area contributed by atoms with E-state index in [0.717, 1.165) is 35.9 Å². The van der Waals surface area contributed by atoms with Gasteiger partial charge in [0.15, 0.2) is 0 Å². The molecule has 7 heteroatoms. The molecule has 1 aromatic carbocycles. The lowest BCUT2D eigenvalue weighted by atomic mass is 9.91. The number of para-hydroxylation sites is 1. The van der Waals surface area contributed by atoms with Gasteiger partial charge in [-0.05, 0) is 37.1 Å². The van der Waals surface area contributed by atoms with E-state index in [4.69, 9.17) is 11.5 Å². The number of nitrogens with zero attached hydrogens (tertiary/aromatic N) is 1. The summed E-state index contributed by atoms with van der Waals surface area (Å²) in [6.07, 6.45) is 6.23. The fourth-order valence-electron chi connectivity index (χ4n) is 3.68. The molecular weight excluding hydrogens is 340 g/mol. The number of pyridine rings is 1. The van der Waals surface area contributed by atoms with Gasteiger partial charge >= 0.3 is 0 Å². The summed E-state index contributed by atoms with van der Waals surface area (Å²) < 4.78 is 0. The van der Waals surface area contributed by atoms with Crippen LogP contribution in [0.4, 0.5) is 17.3 Å². The molecule has 2 heterocycles. The second-order valence-corrected chi connectivity index (χ2v) is 7.03. The van der Waals surface area contributed by atoms with Gasteiger partial charge in [0.05, 0.1) is 16.8 Å². The highest BCUT2D eigenvalue weighted by Crippen LogP contribution is 2.28. The van der Waals surface area contributed by atoms with E-state index in [9.17, 15) is 4.79 Å². The first-order chi connectivity index (χ1) is 13.1. The minimum atomic E-state index is -0.524. The number of carbonyl (C=O) groups is 1. The minimum absolute atomic E-state index is 0.112. The molecule has 0 spiro atoms. The van der Waals surface area contributed by atoms with Gasteiger partial charge in [-0.1, -0.05) is 25.0 Å². The lowest BCUT2D eigenvalue weighted by molar-refractivity contribution is 0.100. The number of rotatable bonds is 5. The van der Waals surface area contributed by atoms with E-state index in [1.165, 1.54) is 6.42 Å². The summed E-state index contributed by atoms with van der Waals surface area (Å²) in [5.41, 5.74) is 13.9. The zero-order valence-electron chi connectivity index (χ0n) is 15.0. The highest BCUT2D eigenvalue weighted by molar-refractivity contribution is 6.00. The van der Waals surface area contributed by atoms with Gasteiger partial charge in [0.25, 0.3) is 5.91 Å². The van der Waals surface area contributed by atoms with Crippen molar-refractivity contribution in [2.24, 2.45) is 11.5 Å². The molecule has 0 aliphatic heterocycles. The molecule has 1 aliphatic carbocycles. The van der Waals surface area contributed by atoms with Crippen LogP contribution in [0.3, 0.4) is 0 Å². The van der Waals surface area contributed by atoms with Crippen molar-refractivity contribution in [3.63, 3.8) is 0 Å². The number of hydrogen-bond acceptors (Lipinski definition) is 5. The van der Waals surface area contributed by atoms with Gasteiger partial charge in [-0.2, -0.15) is 0 Å². The fraction of sp³-hybridized carbons (Fsp3) is 0.300. The molecule has 2 atom stereocenters. The average Bonchev–Trinajstić information content (AvgIpc) is 3.13. The fourth-order valence-corrected chi connectivity index (χ4v) is 3.68. The Morgan fingerprint density at radius 2 is 2.00 bits per heavy atom. The quantitative estimate of drug-likeness (QED) is 0.476. The molecule has 4 rings (SSSR count). The number of aromatic amines is 1. The van der Waals surface area contributed by atoms with Crippen molar-refractivity contribution in [1.82, 2.24) is 9.97 Å². The van der Waals surface area contributed by atoms with Crippen LogP contribution in [0.15, 0.2) is 42.6 Å². The minimum Gasteiger partial charge on any atom is -0.366 e. The van der Waals surface area contributed by atoms with Crippen LogP contribution in [0.5, 0.6) is 0 Å². The van der Waals surface area contributed by atoms with Crippen LogP contribution >= 0.6 is 0 Å². The number of nitrogens with one attached hydrogen (secondary N) is 3. The Hall–Kier alpha value is -3.06. The molecule has 1 aliphatic rings. The topological polar surface area (TPSA) is 122 Å². The summed E-state index contributed by atoms with van der Waals surface area (Å²) >= 11 is 0.